The SMILES string of the molecule is CCC=CCCOC(=O)C=Cc1ccc(O)c(OC)c1. The first-order chi connectivity index (χ1) is 9.67. The molecule has 1 N–H and O–H groups in total. The Morgan fingerprint density at radius 1 is 1.35 bits per heavy atom. The second kappa shape index (κ2) is 8.80. The number of rotatable bonds is 7. The fourth-order valence-electron chi connectivity index (χ4n) is 1.52. The quantitative estimate of drug-likeness (QED) is 0.359. The highest BCUT2D eigenvalue weighted by atomic mass is 16.5. The van der Waals surface area contributed by atoms with Gasteiger partial charge in [0.15, 0.2) is 11.5 Å². The van der Waals surface area contributed by atoms with Crippen LogP contribution in [0.2, 0.25) is 0 Å². The van der Waals surface area contributed by atoms with E-state index in [1.165, 1.54) is 19.3 Å². The molecule has 0 heterocycles. The minimum absolute atomic E-state index is 0.0648. The highest BCUT2D eigenvalue weighted by Crippen LogP contribution is 2.26. The lowest BCUT2D eigenvalue weighted by molar-refractivity contribution is -0.137. The molecule has 108 valence electrons. The third kappa shape index (κ3) is 5.61. The molecular weight excluding hydrogens is 256 g/mol. The average molecular weight is 276 g/mol. The second-order valence-corrected chi connectivity index (χ2v) is 4.10. The van der Waals surface area contributed by atoms with Crippen LogP contribution in [0.4, 0.5) is 0 Å². The predicted molar refractivity (Wildman–Crippen MR) is 78.7 cm³/mol. The molecule has 0 saturated heterocycles. The van der Waals surface area contributed by atoms with Crippen LogP contribution in [0.15, 0.2) is 36.4 Å². The van der Waals surface area contributed by atoms with E-state index in [2.05, 4.69) is 6.92 Å². The van der Waals surface area contributed by atoms with Gasteiger partial charge >= 0.3 is 5.97 Å². The van der Waals surface area contributed by atoms with Gasteiger partial charge in [0, 0.05) is 6.08 Å². The number of phenolic OH excluding ortho intramolecular Hbond substituents is 1. The van der Waals surface area contributed by atoms with E-state index in [0.717, 1.165) is 18.4 Å². The predicted octanol–water partition coefficient (Wildman–Crippen LogP) is 3.31. The highest BCUT2D eigenvalue weighted by molar-refractivity contribution is 5.87. The first-order valence-electron chi connectivity index (χ1n) is 6.54. The van der Waals surface area contributed by atoms with Crippen molar-refractivity contribution in [2.24, 2.45) is 0 Å². The van der Waals surface area contributed by atoms with Crippen molar-refractivity contribution >= 4 is 12.0 Å². The lowest BCUT2D eigenvalue weighted by Gasteiger charge is -2.03. The Bertz CT molecular complexity index is 489. The summed E-state index contributed by atoms with van der Waals surface area (Å²) in [5.41, 5.74) is 0.752. The highest BCUT2D eigenvalue weighted by Gasteiger charge is 2.01. The van der Waals surface area contributed by atoms with Crippen LogP contribution < -0.4 is 4.74 Å². The number of allylic oxidation sites excluding steroid dienone is 1. The van der Waals surface area contributed by atoms with Gasteiger partial charge in [-0.2, -0.15) is 0 Å². The van der Waals surface area contributed by atoms with Crippen LogP contribution in [0.3, 0.4) is 0 Å². The van der Waals surface area contributed by atoms with E-state index in [0.29, 0.717) is 12.4 Å². The fourth-order valence-corrected chi connectivity index (χ4v) is 1.52. The molecule has 0 bridgehead atoms. The summed E-state index contributed by atoms with van der Waals surface area (Å²) in [6, 6.07) is 4.84. The number of benzene rings is 1. The van der Waals surface area contributed by atoms with Crippen molar-refractivity contribution in [2.45, 2.75) is 19.8 Å². The number of carbonyl (C=O) groups is 1. The molecule has 0 unspecified atom stereocenters. The number of methoxy groups -OCH3 is 1. The van der Waals surface area contributed by atoms with Crippen LogP contribution in [0.1, 0.15) is 25.3 Å². The topological polar surface area (TPSA) is 55.8 Å². The molecule has 0 amide bonds. The third-order valence-corrected chi connectivity index (χ3v) is 2.55. The maximum atomic E-state index is 11.5. The normalized spacial score (nSPS) is 11.1. The summed E-state index contributed by atoms with van der Waals surface area (Å²) >= 11 is 0. The minimum Gasteiger partial charge on any atom is -0.504 e. The van der Waals surface area contributed by atoms with Crippen molar-refractivity contribution in [3.63, 3.8) is 0 Å². The van der Waals surface area contributed by atoms with E-state index in [1.807, 2.05) is 12.2 Å². The average Bonchev–Trinajstić information content (AvgIpc) is 2.46. The van der Waals surface area contributed by atoms with Gasteiger partial charge in [-0.1, -0.05) is 25.1 Å². The second-order valence-electron chi connectivity index (χ2n) is 4.10. The van der Waals surface area contributed by atoms with Crippen molar-refractivity contribution in [3.05, 3.63) is 42.0 Å². The van der Waals surface area contributed by atoms with Crippen LogP contribution in [0.5, 0.6) is 11.5 Å². The molecule has 0 spiro atoms. The number of ether oxygens (including phenoxy) is 2. The van der Waals surface area contributed by atoms with Gasteiger partial charge in [-0.15, -0.1) is 0 Å². The molecule has 0 radical (unpaired) electrons. The molecule has 1 aromatic rings. The Kier molecular flexibility index (Phi) is 6.96. The molecule has 4 heteroatoms. The molecule has 1 rings (SSSR count). The molecule has 1 aromatic carbocycles. The van der Waals surface area contributed by atoms with Gasteiger partial charge in [-0.3, -0.25) is 0 Å². The zero-order chi connectivity index (χ0) is 14.8. The summed E-state index contributed by atoms with van der Waals surface area (Å²) in [4.78, 5) is 11.5. The van der Waals surface area contributed by atoms with Gasteiger partial charge in [0.2, 0.25) is 0 Å². The van der Waals surface area contributed by atoms with Crippen LogP contribution in [0.25, 0.3) is 6.08 Å². The summed E-state index contributed by atoms with van der Waals surface area (Å²) in [5, 5.41) is 9.45. The number of esters is 1. The minimum atomic E-state index is -0.387. The largest absolute Gasteiger partial charge is 0.504 e. The smallest absolute Gasteiger partial charge is 0.330 e. The van der Waals surface area contributed by atoms with Gasteiger partial charge < -0.3 is 14.6 Å². The first kappa shape index (κ1) is 15.8. The molecule has 0 aliphatic carbocycles. The van der Waals surface area contributed by atoms with E-state index < -0.39 is 0 Å². The first-order valence-corrected chi connectivity index (χ1v) is 6.54. The number of phenols is 1. The van der Waals surface area contributed by atoms with Gasteiger partial charge in [0.1, 0.15) is 0 Å². The Labute approximate surface area is 119 Å². The lowest BCUT2D eigenvalue weighted by Crippen LogP contribution is -2.01. The van der Waals surface area contributed by atoms with Crippen molar-refractivity contribution in [1.29, 1.82) is 0 Å². The summed E-state index contributed by atoms with van der Waals surface area (Å²) in [7, 11) is 1.47. The van der Waals surface area contributed by atoms with Crippen molar-refractivity contribution < 1.29 is 19.4 Å². The van der Waals surface area contributed by atoms with E-state index >= 15 is 0 Å². The zero-order valence-corrected chi connectivity index (χ0v) is 11.8. The monoisotopic (exact) mass is 276 g/mol. The molecule has 0 aliphatic rings. The lowest BCUT2D eigenvalue weighted by atomic mass is 10.2. The fraction of sp³-hybridized carbons (Fsp3) is 0.312. The number of carbonyl (C=O) groups excluding carboxylic acids is 1. The molecule has 0 fully saturated rings. The Morgan fingerprint density at radius 2 is 2.15 bits per heavy atom. The third-order valence-electron chi connectivity index (χ3n) is 2.55. The van der Waals surface area contributed by atoms with E-state index in [9.17, 15) is 9.90 Å². The van der Waals surface area contributed by atoms with E-state index in [-0.39, 0.29) is 11.7 Å². The number of hydrogen-bond donors (Lipinski definition) is 1. The Morgan fingerprint density at radius 3 is 2.85 bits per heavy atom. The van der Waals surface area contributed by atoms with Crippen LogP contribution in [-0.2, 0) is 9.53 Å². The molecule has 20 heavy (non-hydrogen) atoms. The van der Waals surface area contributed by atoms with Gasteiger partial charge in [-0.25, -0.2) is 4.79 Å². The van der Waals surface area contributed by atoms with Gasteiger partial charge in [0.25, 0.3) is 0 Å². The summed E-state index contributed by atoms with van der Waals surface area (Å²) in [6.45, 7) is 2.43. The van der Waals surface area contributed by atoms with Gasteiger partial charge in [0.05, 0.1) is 13.7 Å². The molecule has 4 nitrogen and oxygen atoms in total. The van der Waals surface area contributed by atoms with E-state index in [4.69, 9.17) is 9.47 Å². The molecule has 0 atom stereocenters. The van der Waals surface area contributed by atoms with Crippen molar-refractivity contribution in [1.82, 2.24) is 0 Å². The summed E-state index contributed by atoms with van der Waals surface area (Å²) < 4.78 is 10.0. The molecule has 0 saturated carbocycles. The maximum Gasteiger partial charge on any atom is 0.330 e. The van der Waals surface area contributed by atoms with Crippen LogP contribution in [0, 0.1) is 0 Å². The molecular formula is C16H20O4. The molecule has 0 aromatic heterocycles. The van der Waals surface area contributed by atoms with Crippen molar-refractivity contribution in [3.8, 4) is 11.5 Å². The Hall–Kier alpha value is -2.23. The standard InChI is InChI=1S/C16H20O4/c1-3-4-5-6-11-20-16(18)10-8-13-7-9-14(17)15(12-13)19-2/h4-5,7-10,12,17H,3,6,11H2,1-2H3. The number of hydrogen-bond acceptors (Lipinski definition) is 4. The van der Waals surface area contributed by atoms with Crippen LogP contribution in [-0.4, -0.2) is 24.8 Å². The van der Waals surface area contributed by atoms with Gasteiger partial charge in [-0.05, 0) is 36.6 Å². The van der Waals surface area contributed by atoms with Crippen molar-refractivity contribution in [2.75, 3.05) is 13.7 Å². The van der Waals surface area contributed by atoms with E-state index in [1.54, 1.807) is 18.2 Å². The maximum absolute atomic E-state index is 11.5. The summed E-state index contributed by atoms with van der Waals surface area (Å²) in [5.74, 6) is 0.0436. The number of aromatic hydroxyl groups is 1. The Balaban J connectivity index is 2.46. The zero-order valence-electron chi connectivity index (χ0n) is 11.8. The summed E-state index contributed by atoms with van der Waals surface area (Å²) in [6.07, 6.45) is 8.70. The van der Waals surface area contributed by atoms with Crippen LogP contribution >= 0.6 is 0 Å². The molecule has 0 aliphatic heterocycles.